The summed E-state index contributed by atoms with van der Waals surface area (Å²) in [6.07, 6.45) is 1.35. The van der Waals surface area contributed by atoms with Crippen molar-refractivity contribution in [2.24, 2.45) is 5.14 Å². The Balaban J connectivity index is 1.76. The Kier molecular flexibility index (Phi) is 5.48. The third-order valence-electron chi connectivity index (χ3n) is 4.62. The highest BCUT2D eigenvalue weighted by Crippen LogP contribution is 2.29. The second-order valence-corrected chi connectivity index (χ2v) is 8.74. The molecule has 1 aromatic heterocycles. The smallest absolute Gasteiger partial charge is 0.238 e. The molecule has 3 N–H and O–H groups in total. The normalized spacial score (nSPS) is 11.6. The number of carbonyl (C=O) groups is 1. The maximum atomic E-state index is 13.3. The third-order valence-corrected chi connectivity index (χ3v) is 5.94. The molecule has 1 amide bonds. The molecule has 4 aromatic rings. The number of carbonyl (C=O) groups excluding carboxylic acids is 1. The van der Waals surface area contributed by atoms with Crippen LogP contribution in [0.2, 0.25) is 5.02 Å². The molecule has 0 spiro atoms. The fraction of sp³-hybridized carbons (Fsp3) is 0.0476. The average Bonchev–Trinajstić information content (AvgIpc) is 3.13. The van der Waals surface area contributed by atoms with Crippen LogP contribution in [0.25, 0.3) is 16.6 Å². The zero-order valence-electron chi connectivity index (χ0n) is 15.9. The molecule has 0 bridgehead atoms. The number of fused-ring (bicyclic) bond motifs is 1. The van der Waals surface area contributed by atoms with Crippen LogP contribution in [0.4, 0.5) is 10.1 Å². The number of anilines is 1. The van der Waals surface area contributed by atoms with Crippen molar-refractivity contribution in [3.8, 4) is 5.69 Å². The monoisotopic (exact) mass is 458 g/mol. The highest BCUT2D eigenvalue weighted by molar-refractivity contribution is 7.89. The number of amides is 1. The maximum absolute atomic E-state index is 13.3. The number of rotatable bonds is 5. The maximum Gasteiger partial charge on any atom is 0.238 e. The largest absolute Gasteiger partial charge is 0.326 e. The van der Waals surface area contributed by atoms with Gasteiger partial charge in [-0.1, -0.05) is 29.8 Å². The SMILES string of the molecule is NS(=O)(=O)c1cc(NC(=O)Cc2ccccc2Cl)cc2c1cnn2-c1ccc(F)cc1. The molecule has 0 aliphatic rings. The van der Waals surface area contributed by atoms with Crippen molar-refractivity contribution >= 4 is 44.1 Å². The number of benzene rings is 3. The molecule has 0 saturated heterocycles. The molecule has 4 rings (SSSR count). The van der Waals surface area contributed by atoms with E-state index in [1.54, 1.807) is 30.3 Å². The van der Waals surface area contributed by atoms with E-state index in [0.717, 1.165) is 0 Å². The van der Waals surface area contributed by atoms with Gasteiger partial charge in [-0.05, 0) is 48.0 Å². The first kappa shape index (κ1) is 21.0. The number of nitrogens with zero attached hydrogens (tertiary/aromatic N) is 2. The van der Waals surface area contributed by atoms with E-state index >= 15 is 0 Å². The number of nitrogens with one attached hydrogen (secondary N) is 1. The van der Waals surface area contributed by atoms with Crippen molar-refractivity contribution in [1.82, 2.24) is 9.78 Å². The van der Waals surface area contributed by atoms with Crippen LogP contribution < -0.4 is 10.5 Å². The average molecular weight is 459 g/mol. The molecule has 0 saturated carbocycles. The van der Waals surface area contributed by atoms with Crippen LogP contribution in [0.3, 0.4) is 0 Å². The lowest BCUT2D eigenvalue weighted by atomic mass is 10.1. The Labute approximate surface area is 182 Å². The van der Waals surface area contributed by atoms with Gasteiger partial charge in [0, 0.05) is 16.1 Å². The van der Waals surface area contributed by atoms with Gasteiger partial charge in [-0.3, -0.25) is 4.79 Å². The van der Waals surface area contributed by atoms with E-state index in [4.69, 9.17) is 16.7 Å². The number of sulfonamides is 1. The van der Waals surface area contributed by atoms with Gasteiger partial charge in [-0.2, -0.15) is 5.10 Å². The predicted octanol–water partition coefficient (Wildman–Crippen LogP) is 3.65. The van der Waals surface area contributed by atoms with Crippen molar-refractivity contribution in [2.75, 3.05) is 5.32 Å². The molecule has 158 valence electrons. The quantitative estimate of drug-likeness (QED) is 0.476. The summed E-state index contributed by atoms with van der Waals surface area (Å²) in [5.41, 5.74) is 1.74. The molecule has 0 aliphatic carbocycles. The van der Waals surface area contributed by atoms with Crippen LogP contribution in [-0.4, -0.2) is 24.1 Å². The number of hydrogen-bond donors (Lipinski definition) is 2. The van der Waals surface area contributed by atoms with Crippen LogP contribution in [0.1, 0.15) is 5.56 Å². The molecular weight excluding hydrogens is 443 g/mol. The molecule has 10 heteroatoms. The van der Waals surface area contributed by atoms with Crippen molar-refractivity contribution < 1.29 is 17.6 Å². The van der Waals surface area contributed by atoms with Gasteiger partial charge in [-0.25, -0.2) is 22.6 Å². The summed E-state index contributed by atoms with van der Waals surface area (Å²) >= 11 is 6.11. The molecule has 3 aromatic carbocycles. The molecule has 0 atom stereocenters. The van der Waals surface area contributed by atoms with E-state index in [2.05, 4.69) is 10.4 Å². The van der Waals surface area contributed by atoms with Crippen molar-refractivity contribution in [2.45, 2.75) is 11.3 Å². The highest BCUT2D eigenvalue weighted by atomic mass is 35.5. The van der Waals surface area contributed by atoms with Gasteiger partial charge in [0.05, 0.1) is 28.7 Å². The molecule has 0 unspecified atom stereocenters. The fourth-order valence-corrected chi connectivity index (χ4v) is 4.17. The predicted molar refractivity (Wildman–Crippen MR) is 116 cm³/mol. The summed E-state index contributed by atoms with van der Waals surface area (Å²) in [4.78, 5) is 12.4. The Morgan fingerprint density at radius 3 is 2.52 bits per heavy atom. The number of nitrogens with two attached hydrogens (primary N) is 1. The topological polar surface area (TPSA) is 107 Å². The van der Waals surface area contributed by atoms with Gasteiger partial charge in [-0.15, -0.1) is 0 Å². The molecule has 0 fully saturated rings. The van der Waals surface area contributed by atoms with E-state index < -0.39 is 15.8 Å². The Morgan fingerprint density at radius 1 is 1.13 bits per heavy atom. The lowest BCUT2D eigenvalue weighted by Crippen LogP contribution is -2.17. The lowest BCUT2D eigenvalue weighted by Gasteiger charge is -2.10. The van der Waals surface area contributed by atoms with Crippen molar-refractivity contribution in [3.63, 3.8) is 0 Å². The van der Waals surface area contributed by atoms with Gasteiger partial charge in [0.2, 0.25) is 15.9 Å². The Bertz CT molecular complexity index is 1400. The standard InChI is InChI=1S/C21H16ClFN4O3S/c22-18-4-2-1-3-13(18)9-21(28)26-15-10-19-17(20(11-15)31(24,29)30)12-25-27(19)16-7-5-14(23)6-8-16/h1-8,10-12H,9H2,(H,26,28)(H2,24,29,30). The van der Waals surface area contributed by atoms with Crippen molar-refractivity contribution in [1.29, 1.82) is 0 Å². The Hall–Kier alpha value is -3.27. The lowest BCUT2D eigenvalue weighted by molar-refractivity contribution is -0.115. The first-order chi connectivity index (χ1) is 14.7. The summed E-state index contributed by atoms with van der Waals surface area (Å²) in [6, 6.07) is 15.3. The molecule has 1 heterocycles. The second kappa shape index (κ2) is 8.10. The molecule has 0 radical (unpaired) electrons. The molecule has 7 nitrogen and oxygen atoms in total. The van der Waals surface area contributed by atoms with E-state index in [-0.39, 0.29) is 28.3 Å². The van der Waals surface area contributed by atoms with E-state index in [9.17, 15) is 17.6 Å². The summed E-state index contributed by atoms with van der Waals surface area (Å²) < 4.78 is 39.1. The van der Waals surface area contributed by atoms with Gasteiger partial charge in [0.25, 0.3) is 0 Å². The van der Waals surface area contributed by atoms with Crippen molar-refractivity contribution in [3.05, 3.63) is 83.3 Å². The molecular formula is C21H16ClFN4O3S. The van der Waals surface area contributed by atoms with Crippen LogP contribution in [0.5, 0.6) is 0 Å². The fourth-order valence-electron chi connectivity index (χ4n) is 3.21. The number of halogens is 2. The second-order valence-electron chi connectivity index (χ2n) is 6.80. The van der Waals surface area contributed by atoms with E-state index in [0.29, 0.717) is 21.8 Å². The van der Waals surface area contributed by atoms with Crippen LogP contribution in [0, 0.1) is 5.82 Å². The van der Waals surface area contributed by atoms with Gasteiger partial charge in [0.15, 0.2) is 0 Å². The molecule has 0 aliphatic heterocycles. The van der Waals surface area contributed by atoms with E-state index in [1.165, 1.54) is 41.2 Å². The first-order valence-corrected chi connectivity index (χ1v) is 11.0. The van der Waals surface area contributed by atoms with E-state index in [1.807, 2.05) is 0 Å². The minimum Gasteiger partial charge on any atom is -0.326 e. The molecule has 31 heavy (non-hydrogen) atoms. The van der Waals surface area contributed by atoms with Gasteiger partial charge < -0.3 is 5.32 Å². The highest BCUT2D eigenvalue weighted by Gasteiger charge is 2.19. The minimum atomic E-state index is -4.11. The third kappa shape index (κ3) is 4.43. The van der Waals surface area contributed by atoms with Gasteiger partial charge in [0.1, 0.15) is 5.82 Å². The summed E-state index contributed by atoms with van der Waals surface area (Å²) in [6.45, 7) is 0. The number of primary sulfonamides is 1. The summed E-state index contributed by atoms with van der Waals surface area (Å²) in [7, 11) is -4.11. The van der Waals surface area contributed by atoms with Gasteiger partial charge >= 0.3 is 0 Å². The summed E-state index contributed by atoms with van der Waals surface area (Å²) in [5, 5.41) is 13.0. The van der Waals surface area contributed by atoms with Crippen LogP contribution >= 0.6 is 11.6 Å². The van der Waals surface area contributed by atoms with Crippen LogP contribution in [0.15, 0.2) is 71.8 Å². The number of aromatic nitrogens is 2. The Morgan fingerprint density at radius 2 is 1.84 bits per heavy atom. The van der Waals surface area contributed by atoms with Crippen LogP contribution in [-0.2, 0) is 21.2 Å². The number of hydrogen-bond acceptors (Lipinski definition) is 4. The zero-order valence-corrected chi connectivity index (χ0v) is 17.5. The summed E-state index contributed by atoms with van der Waals surface area (Å²) in [5.74, 6) is -0.807. The minimum absolute atomic E-state index is 0.000354. The zero-order chi connectivity index (χ0) is 22.2. The first-order valence-electron chi connectivity index (χ1n) is 9.06.